The third kappa shape index (κ3) is 4.83. The number of benzene rings is 2. The zero-order chi connectivity index (χ0) is 22.0. The summed E-state index contributed by atoms with van der Waals surface area (Å²) in [5.41, 5.74) is 2.92. The minimum atomic E-state index is -0.121. The van der Waals surface area contributed by atoms with Crippen molar-refractivity contribution in [2.75, 3.05) is 32.6 Å². The highest BCUT2D eigenvalue weighted by Gasteiger charge is 2.32. The van der Waals surface area contributed by atoms with Gasteiger partial charge < -0.3 is 14.8 Å². The minimum absolute atomic E-state index is 0.0442. The molecule has 2 aromatic carbocycles. The first-order valence-corrected chi connectivity index (χ1v) is 11.4. The fraction of sp³-hybridized carbons (Fsp3) is 0.261. The van der Waals surface area contributed by atoms with E-state index in [4.69, 9.17) is 32.7 Å². The molecule has 0 radical (unpaired) electrons. The number of anilines is 1. The monoisotopic (exact) mass is 476 g/mol. The van der Waals surface area contributed by atoms with E-state index in [1.165, 1.54) is 10.4 Å². The van der Waals surface area contributed by atoms with Gasteiger partial charge in [-0.3, -0.25) is 9.69 Å². The van der Waals surface area contributed by atoms with E-state index in [0.29, 0.717) is 21.5 Å². The number of hydrogen-bond acceptors (Lipinski definition) is 5. The summed E-state index contributed by atoms with van der Waals surface area (Å²) in [7, 11) is 3.27. The van der Waals surface area contributed by atoms with E-state index in [1.54, 1.807) is 43.8 Å². The molecule has 0 saturated heterocycles. The standard InChI is InChI=1S/C23H22Cl2N2O3S/c1-29-19-8-14-5-6-27(13-22(28)26-17-10-15(24)9-16(25)11-17)23(21-4-3-7-31-21)18(14)12-20(19)30-2/h3-4,7-12,23H,5-6,13H2,1-2H3,(H,26,28)/t23-/m1/s1. The highest BCUT2D eigenvalue weighted by molar-refractivity contribution is 7.10. The van der Waals surface area contributed by atoms with Gasteiger partial charge in [0, 0.05) is 27.2 Å². The minimum Gasteiger partial charge on any atom is -0.493 e. The molecule has 0 fully saturated rings. The zero-order valence-corrected chi connectivity index (χ0v) is 19.5. The molecule has 0 saturated carbocycles. The molecule has 1 N–H and O–H groups in total. The second kappa shape index (κ2) is 9.49. The number of rotatable bonds is 6. The quantitative estimate of drug-likeness (QED) is 0.498. The maximum absolute atomic E-state index is 12.9. The van der Waals surface area contributed by atoms with Gasteiger partial charge in [0.15, 0.2) is 11.5 Å². The largest absolute Gasteiger partial charge is 0.493 e. The van der Waals surface area contributed by atoms with Crippen LogP contribution in [0.2, 0.25) is 10.0 Å². The second-order valence-corrected chi connectivity index (χ2v) is 9.10. The molecule has 8 heteroatoms. The Morgan fingerprint density at radius 2 is 1.84 bits per heavy atom. The van der Waals surface area contributed by atoms with Gasteiger partial charge in [-0.05, 0) is 59.3 Å². The number of carbonyl (C=O) groups excluding carboxylic acids is 1. The molecular weight excluding hydrogens is 455 g/mol. The van der Waals surface area contributed by atoms with Gasteiger partial charge in [0.25, 0.3) is 0 Å². The molecule has 162 valence electrons. The van der Waals surface area contributed by atoms with Gasteiger partial charge in [0.2, 0.25) is 5.91 Å². The van der Waals surface area contributed by atoms with Gasteiger partial charge in [0.1, 0.15) is 0 Å². The van der Waals surface area contributed by atoms with Crippen molar-refractivity contribution >= 4 is 46.1 Å². The van der Waals surface area contributed by atoms with Crippen LogP contribution in [0.1, 0.15) is 22.0 Å². The number of ether oxygens (including phenoxy) is 2. The molecule has 0 aliphatic carbocycles. The molecule has 0 bridgehead atoms. The van der Waals surface area contributed by atoms with Gasteiger partial charge in [-0.25, -0.2) is 0 Å². The number of carbonyl (C=O) groups is 1. The van der Waals surface area contributed by atoms with Crippen LogP contribution in [-0.4, -0.2) is 38.1 Å². The Hall–Kier alpha value is -2.25. The van der Waals surface area contributed by atoms with E-state index in [9.17, 15) is 4.79 Å². The SMILES string of the molecule is COc1cc2c(cc1OC)[C@H](c1cccs1)N(CC(=O)Nc1cc(Cl)cc(Cl)c1)CC2. The van der Waals surface area contributed by atoms with E-state index < -0.39 is 0 Å². The molecule has 1 amide bonds. The fourth-order valence-corrected chi connectivity index (χ4v) is 5.36. The van der Waals surface area contributed by atoms with E-state index in [0.717, 1.165) is 24.3 Å². The first-order chi connectivity index (χ1) is 15.0. The van der Waals surface area contributed by atoms with Gasteiger partial charge in [-0.15, -0.1) is 11.3 Å². The van der Waals surface area contributed by atoms with Gasteiger partial charge in [0.05, 0.1) is 26.8 Å². The van der Waals surface area contributed by atoms with Crippen molar-refractivity contribution in [2.45, 2.75) is 12.5 Å². The van der Waals surface area contributed by atoms with Crippen LogP contribution in [0.5, 0.6) is 11.5 Å². The Morgan fingerprint density at radius 3 is 2.48 bits per heavy atom. The van der Waals surface area contributed by atoms with Gasteiger partial charge in [-0.1, -0.05) is 29.3 Å². The van der Waals surface area contributed by atoms with E-state index >= 15 is 0 Å². The molecule has 5 nitrogen and oxygen atoms in total. The summed E-state index contributed by atoms with van der Waals surface area (Å²) in [6.07, 6.45) is 0.813. The molecular formula is C23H22Cl2N2O3S. The average Bonchev–Trinajstić information content (AvgIpc) is 3.26. The maximum atomic E-state index is 12.9. The van der Waals surface area contributed by atoms with Crippen molar-refractivity contribution in [2.24, 2.45) is 0 Å². The lowest BCUT2D eigenvalue weighted by molar-refractivity contribution is -0.117. The predicted molar refractivity (Wildman–Crippen MR) is 126 cm³/mol. The van der Waals surface area contributed by atoms with Gasteiger partial charge >= 0.3 is 0 Å². The van der Waals surface area contributed by atoms with Crippen LogP contribution in [0.25, 0.3) is 0 Å². The average molecular weight is 477 g/mol. The number of methoxy groups -OCH3 is 2. The van der Waals surface area contributed by atoms with Crippen LogP contribution in [0, 0.1) is 0 Å². The number of amides is 1. The van der Waals surface area contributed by atoms with Crippen LogP contribution in [-0.2, 0) is 11.2 Å². The summed E-state index contributed by atoms with van der Waals surface area (Å²) >= 11 is 13.8. The molecule has 0 unspecified atom stereocenters. The van der Waals surface area contributed by atoms with Crippen molar-refractivity contribution in [1.82, 2.24) is 4.90 Å². The number of thiophene rings is 1. The van der Waals surface area contributed by atoms with E-state index in [1.807, 2.05) is 18.2 Å². The molecule has 31 heavy (non-hydrogen) atoms. The summed E-state index contributed by atoms with van der Waals surface area (Å²) in [5.74, 6) is 1.28. The Balaban J connectivity index is 1.62. The van der Waals surface area contributed by atoms with Crippen molar-refractivity contribution < 1.29 is 14.3 Å². The molecule has 1 aromatic heterocycles. The molecule has 3 aromatic rings. The molecule has 1 aliphatic heterocycles. The number of nitrogens with zero attached hydrogens (tertiary/aromatic N) is 1. The van der Waals surface area contributed by atoms with Crippen LogP contribution >= 0.6 is 34.5 Å². The lowest BCUT2D eigenvalue weighted by Gasteiger charge is -2.37. The fourth-order valence-electron chi connectivity index (χ4n) is 3.96. The number of hydrogen-bond donors (Lipinski definition) is 1. The zero-order valence-electron chi connectivity index (χ0n) is 17.2. The van der Waals surface area contributed by atoms with Crippen molar-refractivity contribution in [3.8, 4) is 11.5 Å². The van der Waals surface area contributed by atoms with Crippen LogP contribution < -0.4 is 14.8 Å². The number of fused-ring (bicyclic) bond motifs is 1. The first kappa shape index (κ1) is 22.0. The normalized spacial score (nSPS) is 15.9. The summed E-state index contributed by atoms with van der Waals surface area (Å²) in [6, 6.07) is 13.2. The van der Waals surface area contributed by atoms with Crippen LogP contribution in [0.4, 0.5) is 5.69 Å². The lowest BCUT2D eigenvalue weighted by atomic mass is 9.91. The maximum Gasteiger partial charge on any atom is 0.238 e. The third-order valence-electron chi connectivity index (χ3n) is 5.28. The van der Waals surface area contributed by atoms with E-state index in [-0.39, 0.29) is 18.5 Å². The molecule has 0 spiro atoms. The highest BCUT2D eigenvalue weighted by atomic mass is 35.5. The Morgan fingerprint density at radius 1 is 1.13 bits per heavy atom. The lowest BCUT2D eigenvalue weighted by Crippen LogP contribution is -2.40. The highest BCUT2D eigenvalue weighted by Crippen LogP contribution is 2.42. The Labute approximate surface area is 195 Å². The summed E-state index contributed by atoms with van der Waals surface area (Å²) in [5, 5.41) is 5.92. The molecule has 2 heterocycles. The Kier molecular flexibility index (Phi) is 6.72. The van der Waals surface area contributed by atoms with Crippen molar-refractivity contribution in [3.63, 3.8) is 0 Å². The number of halogens is 2. The first-order valence-electron chi connectivity index (χ1n) is 9.76. The van der Waals surface area contributed by atoms with E-state index in [2.05, 4.69) is 21.7 Å². The third-order valence-corrected chi connectivity index (χ3v) is 6.64. The van der Waals surface area contributed by atoms with Crippen molar-refractivity contribution in [3.05, 3.63) is 73.9 Å². The predicted octanol–water partition coefficient (Wildman–Crippen LogP) is 5.66. The summed E-state index contributed by atoms with van der Waals surface area (Å²) < 4.78 is 11.0. The summed E-state index contributed by atoms with van der Waals surface area (Å²) in [6.45, 7) is 0.981. The number of nitrogens with one attached hydrogen (secondary N) is 1. The molecule has 4 rings (SSSR count). The smallest absolute Gasteiger partial charge is 0.238 e. The van der Waals surface area contributed by atoms with Gasteiger partial charge in [-0.2, -0.15) is 0 Å². The van der Waals surface area contributed by atoms with Crippen LogP contribution in [0.15, 0.2) is 47.8 Å². The molecule has 1 aliphatic rings. The van der Waals surface area contributed by atoms with Crippen LogP contribution in [0.3, 0.4) is 0 Å². The topological polar surface area (TPSA) is 50.8 Å². The summed E-state index contributed by atoms with van der Waals surface area (Å²) in [4.78, 5) is 16.2. The molecule has 1 atom stereocenters. The van der Waals surface area contributed by atoms with Crippen molar-refractivity contribution in [1.29, 1.82) is 0 Å². The Bertz CT molecular complexity index is 1070. The second-order valence-electron chi connectivity index (χ2n) is 7.25.